The molecule has 3 rings (SSSR count). The van der Waals surface area contributed by atoms with E-state index < -0.39 is 0 Å². The van der Waals surface area contributed by atoms with E-state index in [1.807, 2.05) is 0 Å². The number of hydrogen-bond donors (Lipinski definition) is 3. The molecule has 0 unspecified atom stereocenters. The molecule has 0 aliphatic carbocycles. The minimum absolute atomic E-state index is 0.916. The predicted octanol–water partition coefficient (Wildman–Crippen LogP) is -1.37. The summed E-state index contributed by atoms with van der Waals surface area (Å²) in [5, 5.41) is 8.84. The SMILES string of the molecule is S=C(NCCC[NH+]1CCOCC1)N1CC[NH+](Cc2ccsc2)CC1. The Balaban J connectivity index is 1.27. The van der Waals surface area contributed by atoms with Crippen molar-refractivity contribution in [3.63, 3.8) is 0 Å². The number of rotatable bonds is 6. The molecule has 0 atom stereocenters. The van der Waals surface area contributed by atoms with Gasteiger partial charge in [-0.15, -0.1) is 0 Å². The van der Waals surface area contributed by atoms with Crippen molar-refractivity contribution >= 4 is 28.7 Å². The highest BCUT2D eigenvalue weighted by molar-refractivity contribution is 7.80. The van der Waals surface area contributed by atoms with E-state index in [0.717, 1.165) is 57.6 Å². The van der Waals surface area contributed by atoms with Crippen molar-refractivity contribution in [2.75, 3.05) is 65.6 Å². The minimum Gasteiger partial charge on any atom is -0.370 e. The lowest BCUT2D eigenvalue weighted by Gasteiger charge is -2.33. The Bertz CT molecular complexity index is 483. The first-order valence-corrected chi connectivity index (χ1v) is 10.4. The van der Waals surface area contributed by atoms with Crippen LogP contribution in [0.2, 0.25) is 0 Å². The van der Waals surface area contributed by atoms with Crippen LogP contribution in [0.15, 0.2) is 16.8 Å². The quantitative estimate of drug-likeness (QED) is 0.426. The Hall–Kier alpha value is -0.730. The van der Waals surface area contributed by atoms with E-state index in [4.69, 9.17) is 17.0 Å². The molecule has 0 spiro atoms. The Kier molecular flexibility index (Phi) is 7.29. The van der Waals surface area contributed by atoms with Gasteiger partial charge in [0, 0.05) is 18.5 Å². The zero-order valence-corrected chi connectivity index (χ0v) is 16.0. The molecule has 2 fully saturated rings. The van der Waals surface area contributed by atoms with Gasteiger partial charge in [-0.2, -0.15) is 11.3 Å². The Morgan fingerprint density at radius 1 is 1.21 bits per heavy atom. The molecular formula is C17H30N4OS2+2. The number of ether oxygens (including phenoxy) is 1. The molecule has 1 aromatic heterocycles. The van der Waals surface area contributed by atoms with Gasteiger partial charge in [-0.05, 0) is 29.0 Å². The summed E-state index contributed by atoms with van der Waals surface area (Å²) in [5.74, 6) is 0. The molecule has 2 saturated heterocycles. The molecule has 0 bridgehead atoms. The normalized spacial score (nSPS) is 20.2. The van der Waals surface area contributed by atoms with E-state index in [-0.39, 0.29) is 0 Å². The predicted molar refractivity (Wildman–Crippen MR) is 102 cm³/mol. The highest BCUT2D eigenvalue weighted by Gasteiger charge is 2.21. The summed E-state index contributed by atoms with van der Waals surface area (Å²) in [6, 6.07) is 2.24. The summed E-state index contributed by atoms with van der Waals surface area (Å²) in [6.45, 7) is 12.0. The van der Waals surface area contributed by atoms with E-state index in [0.29, 0.717) is 0 Å². The maximum absolute atomic E-state index is 5.58. The second-order valence-electron chi connectivity index (χ2n) is 6.74. The van der Waals surface area contributed by atoms with Crippen LogP contribution in [0.4, 0.5) is 0 Å². The summed E-state index contributed by atoms with van der Waals surface area (Å²) in [5.41, 5.74) is 1.47. The van der Waals surface area contributed by atoms with Crippen LogP contribution in [0, 0.1) is 0 Å². The first kappa shape index (κ1) is 18.1. The molecule has 2 aliphatic rings. The monoisotopic (exact) mass is 370 g/mol. The Labute approximate surface area is 154 Å². The first-order valence-electron chi connectivity index (χ1n) is 9.10. The van der Waals surface area contributed by atoms with Gasteiger partial charge in [-0.1, -0.05) is 0 Å². The smallest absolute Gasteiger partial charge is 0.169 e. The lowest BCUT2D eigenvalue weighted by Crippen LogP contribution is -3.14. The maximum atomic E-state index is 5.58. The molecule has 5 nitrogen and oxygen atoms in total. The van der Waals surface area contributed by atoms with Crippen LogP contribution >= 0.6 is 23.6 Å². The van der Waals surface area contributed by atoms with E-state index in [9.17, 15) is 0 Å². The number of morpholine rings is 1. The second-order valence-corrected chi connectivity index (χ2v) is 7.91. The highest BCUT2D eigenvalue weighted by Crippen LogP contribution is 2.04. The highest BCUT2D eigenvalue weighted by atomic mass is 32.1. The van der Waals surface area contributed by atoms with Gasteiger partial charge >= 0.3 is 0 Å². The largest absolute Gasteiger partial charge is 0.370 e. The van der Waals surface area contributed by atoms with Crippen LogP contribution in [0.3, 0.4) is 0 Å². The van der Waals surface area contributed by atoms with Gasteiger partial charge in [0.1, 0.15) is 19.6 Å². The van der Waals surface area contributed by atoms with Crippen molar-refractivity contribution in [3.05, 3.63) is 22.4 Å². The number of hydrogen-bond acceptors (Lipinski definition) is 3. The topological polar surface area (TPSA) is 33.4 Å². The van der Waals surface area contributed by atoms with Crippen LogP contribution in [0.1, 0.15) is 12.0 Å². The number of nitrogens with zero attached hydrogens (tertiary/aromatic N) is 1. The second kappa shape index (κ2) is 9.68. The van der Waals surface area contributed by atoms with Gasteiger partial charge in [0.15, 0.2) is 5.11 Å². The number of thiophene rings is 1. The molecule has 0 amide bonds. The summed E-state index contributed by atoms with van der Waals surface area (Å²) in [6.07, 6.45) is 1.18. The van der Waals surface area contributed by atoms with Gasteiger partial charge in [0.05, 0.1) is 45.9 Å². The Morgan fingerprint density at radius 2 is 2.00 bits per heavy atom. The molecule has 0 aromatic carbocycles. The van der Waals surface area contributed by atoms with Crippen LogP contribution in [-0.2, 0) is 11.3 Å². The molecule has 7 heteroatoms. The number of piperazine rings is 1. The maximum Gasteiger partial charge on any atom is 0.169 e. The number of quaternary nitrogens is 2. The molecule has 3 N–H and O–H groups in total. The van der Waals surface area contributed by atoms with E-state index >= 15 is 0 Å². The zero-order valence-electron chi connectivity index (χ0n) is 14.4. The van der Waals surface area contributed by atoms with Gasteiger partial charge in [0.25, 0.3) is 0 Å². The van der Waals surface area contributed by atoms with E-state index in [1.54, 1.807) is 21.1 Å². The third-order valence-electron chi connectivity index (χ3n) is 4.98. The van der Waals surface area contributed by atoms with Gasteiger partial charge < -0.3 is 24.8 Å². The van der Waals surface area contributed by atoms with Crippen LogP contribution < -0.4 is 15.1 Å². The van der Waals surface area contributed by atoms with Crippen LogP contribution in [-0.4, -0.2) is 75.6 Å². The van der Waals surface area contributed by atoms with E-state index in [1.165, 1.54) is 31.6 Å². The first-order chi connectivity index (χ1) is 11.8. The van der Waals surface area contributed by atoms with Gasteiger partial charge in [0.2, 0.25) is 0 Å². The lowest BCUT2D eigenvalue weighted by atomic mass is 10.2. The van der Waals surface area contributed by atoms with Crippen LogP contribution in [0.5, 0.6) is 0 Å². The number of nitrogens with one attached hydrogen (secondary N) is 3. The molecule has 0 saturated carbocycles. The van der Waals surface area contributed by atoms with Crippen molar-refractivity contribution in [1.82, 2.24) is 10.2 Å². The molecule has 134 valence electrons. The molecule has 2 aliphatic heterocycles. The van der Waals surface area contributed by atoms with E-state index in [2.05, 4.69) is 27.0 Å². The fraction of sp³-hybridized carbons (Fsp3) is 0.706. The summed E-state index contributed by atoms with van der Waals surface area (Å²) >= 11 is 7.37. The van der Waals surface area contributed by atoms with Crippen molar-refractivity contribution in [2.24, 2.45) is 0 Å². The fourth-order valence-electron chi connectivity index (χ4n) is 3.44. The standard InChI is InChI=1S/C17H28N4OS2/c23-17(18-3-1-4-19-9-11-22-12-10-19)21-7-5-20(6-8-21)14-16-2-13-24-15-16/h2,13,15H,1,3-12,14H2,(H,18,23)/p+2. The van der Waals surface area contributed by atoms with Crippen molar-refractivity contribution < 1.29 is 14.5 Å². The minimum atomic E-state index is 0.916. The third-order valence-corrected chi connectivity index (χ3v) is 6.11. The molecule has 3 heterocycles. The molecule has 24 heavy (non-hydrogen) atoms. The fourth-order valence-corrected chi connectivity index (χ4v) is 4.39. The van der Waals surface area contributed by atoms with Gasteiger partial charge in [-0.3, -0.25) is 0 Å². The number of thiocarbonyl (C=S) groups is 1. The van der Waals surface area contributed by atoms with Crippen molar-refractivity contribution in [2.45, 2.75) is 13.0 Å². The molecule has 0 radical (unpaired) electrons. The van der Waals surface area contributed by atoms with Crippen molar-refractivity contribution in [3.8, 4) is 0 Å². The molecular weight excluding hydrogens is 340 g/mol. The average molecular weight is 371 g/mol. The summed E-state index contributed by atoms with van der Waals surface area (Å²) < 4.78 is 5.40. The van der Waals surface area contributed by atoms with Gasteiger partial charge in [-0.25, -0.2) is 0 Å². The van der Waals surface area contributed by atoms with Crippen LogP contribution in [0.25, 0.3) is 0 Å². The molecule has 1 aromatic rings. The average Bonchev–Trinajstić information content (AvgIpc) is 3.13. The zero-order chi connectivity index (χ0) is 16.6. The summed E-state index contributed by atoms with van der Waals surface area (Å²) in [7, 11) is 0. The lowest BCUT2D eigenvalue weighted by molar-refractivity contribution is -0.917. The third kappa shape index (κ3) is 5.67. The van der Waals surface area contributed by atoms with Crippen molar-refractivity contribution in [1.29, 1.82) is 0 Å². The summed E-state index contributed by atoms with van der Waals surface area (Å²) in [4.78, 5) is 5.68. The Morgan fingerprint density at radius 3 is 2.71 bits per heavy atom.